The summed E-state index contributed by atoms with van der Waals surface area (Å²) in [4.78, 5) is 14.1. The summed E-state index contributed by atoms with van der Waals surface area (Å²) in [6.45, 7) is 2.18. The number of hydrogen-bond acceptors (Lipinski definition) is 5. The van der Waals surface area contributed by atoms with Crippen LogP contribution in [-0.2, 0) is 12.7 Å². The van der Waals surface area contributed by atoms with E-state index < -0.39 is 11.7 Å². The zero-order valence-corrected chi connectivity index (χ0v) is 15.9. The first kappa shape index (κ1) is 21.3. The number of alkyl halides is 3. The molecule has 2 N–H and O–H groups in total. The van der Waals surface area contributed by atoms with E-state index in [1.807, 2.05) is 0 Å². The van der Waals surface area contributed by atoms with Crippen molar-refractivity contribution in [3.05, 3.63) is 47.3 Å². The molecule has 0 aliphatic carbocycles. The van der Waals surface area contributed by atoms with Gasteiger partial charge in [-0.15, -0.1) is 5.10 Å². The summed E-state index contributed by atoms with van der Waals surface area (Å²) in [5.41, 5.74) is 0.178. The van der Waals surface area contributed by atoms with Gasteiger partial charge in [-0.1, -0.05) is 23.4 Å². The topological polar surface area (TPSA) is 83.3 Å². The molecule has 2 aromatic rings. The second-order valence-electron chi connectivity index (χ2n) is 7.15. The second kappa shape index (κ2) is 9.36. The number of aromatic nitrogens is 3. The van der Waals surface area contributed by atoms with Crippen molar-refractivity contribution in [2.45, 2.75) is 38.0 Å². The van der Waals surface area contributed by atoms with Gasteiger partial charge in [0, 0.05) is 26.2 Å². The van der Waals surface area contributed by atoms with Crippen LogP contribution in [0, 0.1) is 0 Å². The summed E-state index contributed by atoms with van der Waals surface area (Å²) in [6.07, 6.45) is -0.565. The molecule has 0 bridgehead atoms. The third kappa shape index (κ3) is 5.77. The van der Waals surface area contributed by atoms with E-state index in [1.165, 1.54) is 12.1 Å². The van der Waals surface area contributed by atoms with Gasteiger partial charge >= 0.3 is 6.18 Å². The van der Waals surface area contributed by atoms with E-state index in [-0.39, 0.29) is 24.2 Å². The maximum atomic E-state index is 12.9. The van der Waals surface area contributed by atoms with Gasteiger partial charge in [0.2, 0.25) is 0 Å². The second-order valence-corrected chi connectivity index (χ2v) is 7.15. The molecule has 158 valence electrons. The van der Waals surface area contributed by atoms with E-state index in [0.717, 1.165) is 25.5 Å². The molecule has 3 rings (SSSR count). The molecule has 1 aliphatic rings. The Balaban J connectivity index is 1.61. The van der Waals surface area contributed by atoms with Crippen LogP contribution in [0.15, 0.2) is 30.5 Å². The van der Waals surface area contributed by atoms with Crippen LogP contribution in [0.4, 0.5) is 13.2 Å². The summed E-state index contributed by atoms with van der Waals surface area (Å²) in [7, 11) is 0. The molecule has 1 saturated heterocycles. The Morgan fingerprint density at radius 3 is 2.93 bits per heavy atom. The Morgan fingerprint density at radius 1 is 1.34 bits per heavy atom. The average molecular weight is 411 g/mol. The molecule has 1 atom stereocenters. The zero-order valence-electron chi connectivity index (χ0n) is 15.9. The highest BCUT2D eigenvalue weighted by molar-refractivity contribution is 5.91. The number of likely N-dealkylation sites (tertiary alicyclic amines) is 1. The van der Waals surface area contributed by atoms with Crippen molar-refractivity contribution >= 4 is 5.91 Å². The number of nitrogens with zero attached hydrogens (tertiary/aromatic N) is 4. The number of aliphatic hydroxyl groups excluding tert-OH is 1. The fourth-order valence-electron chi connectivity index (χ4n) is 3.43. The minimum absolute atomic E-state index is 0.000963. The van der Waals surface area contributed by atoms with E-state index in [2.05, 4.69) is 20.5 Å². The summed E-state index contributed by atoms with van der Waals surface area (Å²) < 4.78 is 40.4. The Morgan fingerprint density at radius 2 is 2.17 bits per heavy atom. The molecule has 0 saturated carbocycles. The SMILES string of the molecule is O=C(NCCCO)c1cn([C@@H]2CCCN(Cc3cccc(C(F)(F)F)c3)C2)nn1. The molecule has 1 aliphatic heterocycles. The monoisotopic (exact) mass is 411 g/mol. The third-order valence-electron chi connectivity index (χ3n) is 4.88. The zero-order chi connectivity index (χ0) is 20.9. The van der Waals surface area contributed by atoms with Crippen LogP contribution in [0.1, 0.15) is 46.9 Å². The lowest BCUT2D eigenvalue weighted by molar-refractivity contribution is -0.137. The first-order chi connectivity index (χ1) is 13.9. The molecule has 29 heavy (non-hydrogen) atoms. The number of carbonyl (C=O) groups is 1. The van der Waals surface area contributed by atoms with Gasteiger partial charge in [-0.3, -0.25) is 9.69 Å². The lowest BCUT2D eigenvalue weighted by Crippen LogP contribution is -2.36. The molecule has 1 aromatic heterocycles. The molecule has 7 nitrogen and oxygen atoms in total. The maximum absolute atomic E-state index is 12.9. The summed E-state index contributed by atoms with van der Waals surface area (Å²) in [6, 6.07) is 5.39. The minimum atomic E-state index is -4.35. The number of piperidine rings is 1. The van der Waals surface area contributed by atoms with Crippen LogP contribution >= 0.6 is 0 Å². The molecule has 1 amide bonds. The molecule has 2 heterocycles. The molecule has 10 heteroatoms. The summed E-state index contributed by atoms with van der Waals surface area (Å²) in [5, 5.41) is 19.4. The minimum Gasteiger partial charge on any atom is -0.396 e. The number of carbonyl (C=O) groups excluding carboxylic acids is 1. The van der Waals surface area contributed by atoms with Crippen LogP contribution in [-0.4, -0.2) is 57.1 Å². The van der Waals surface area contributed by atoms with Crippen LogP contribution in [0.3, 0.4) is 0 Å². The molecule has 1 aromatic carbocycles. The van der Waals surface area contributed by atoms with Crippen LogP contribution in [0.2, 0.25) is 0 Å². The number of amides is 1. The van der Waals surface area contributed by atoms with Crippen LogP contribution in [0.5, 0.6) is 0 Å². The molecule has 0 radical (unpaired) electrons. The van der Waals surface area contributed by atoms with Gasteiger partial charge in [-0.25, -0.2) is 4.68 Å². The van der Waals surface area contributed by atoms with Gasteiger partial charge < -0.3 is 10.4 Å². The smallest absolute Gasteiger partial charge is 0.396 e. The average Bonchev–Trinajstić information content (AvgIpc) is 3.18. The van der Waals surface area contributed by atoms with Crippen molar-refractivity contribution in [1.82, 2.24) is 25.2 Å². The number of aliphatic hydroxyl groups is 1. The number of benzene rings is 1. The fraction of sp³-hybridized carbons (Fsp3) is 0.526. The Labute approximate surface area is 166 Å². The van der Waals surface area contributed by atoms with Crippen LogP contribution < -0.4 is 5.32 Å². The molecular formula is C19H24F3N5O2. The Kier molecular flexibility index (Phi) is 6.86. The van der Waals surface area contributed by atoms with E-state index in [4.69, 9.17) is 5.11 Å². The largest absolute Gasteiger partial charge is 0.416 e. The van der Waals surface area contributed by atoms with Gasteiger partial charge in [-0.05, 0) is 37.4 Å². The highest BCUT2D eigenvalue weighted by atomic mass is 19.4. The van der Waals surface area contributed by atoms with Crippen molar-refractivity contribution in [2.75, 3.05) is 26.2 Å². The number of nitrogens with one attached hydrogen (secondary N) is 1. The van der Waals surface area contributed by atoms with E-state index in [1.54, 1.807) is 16.9 Å². The summed E-state index contributed by atoms with van der Waals surface area (Å²) in [5.74, 6) is -0.346. The predicted octanol–water partition coefficient (Wildman–Crippen LogP) is 2.25. The van der Waals surface area contributed by atoms with Gasteiger partial charge in [0.05, 0.1) is 17.8 Å². The van der Waals surface area contributed by atoms with Gasteiger partial charge in [0.1, 0.15) is 0 Å². The molecule has 0 unspecified atom stereocenters. The first-order valence-electron chi connectivity index (χ1n) is 9.56. The molecular weight excluding hydrogens is 387 g/mol. The number of halogens is 3. The van der Waals surface area contributed by atoms with E-state index in [9.17, 15) is 18.0 Å². The quantitative estimate of drug-likeness (QED) is 0.683. The van der Waals surface area contributed by atoms with Crippen molar-refractivity contribution < 1.29 is 23.1 Å². The van der Waals surface area contributed by atoms with E-state index in [0.29, 0.717) is 31.6 Å². The lowest BCUT2D eigenvalue weighted by Gasteiger charge is -2.32. The highest BCUT2D eigenvalue weighted by Gasteiger charge is 2.30. The van der Waals surface area contributed by atoms with Crippen molar-refractivity contribution in [3.8, 4) is 0 Å². The number of rotatable bonds is 7. The molecule has 0 spiro atoms. The molecule has 1 fully saturated rings. The fourth-order valence-corrected chi connectivity index (χ4v) is 3.43. The first-order valence-corrected chi connectivity index (χ1v) is 9.56. The normalized spacial score (nSPS) is 18.0. The van der Waals surface area contributed by atoms with E-state index >= 15 is 0 Å². The Hall–Kier alpha value is -2.46. The van der Waals surface area contributed by atoms with Gasteiger partial charge in [0.15, 0.2) is 5.69 Å². The summed E-state index contributed by atoms with van der Waals surface area (Å²) >= 11 is 0. The van der Waals surface area contributed by atoms with Crippen molar-refractivity contribution in [1.29, 1.82) is 0 Å². The Bertz CT molecular complexity index is 824. The van der Waals surface area contributed by atoms with Crippen LogP contribution in [0.25, 0.3) is 0 Å². The highest BCUT2D eigenvalue weighted by Crippen LogP contribution is 2.30. The standard InChI is InChI=1S/C19H24F3N5O2/c20-19(21,22)15-5-1-4-14(10-15)11-26-8-2-6-16(12-26)27-13-17(24-25-27)18(29)23-7-3-9-28/h1,4-5,10,13,16,28H,2-3,6-9,11-12H2,(H,23,29)/t16-/m1/s1. The van der Waals surface area contributed by atoms with Crippen molar-refractivity contribution in [3.63, 3.8) is 0 Å². The van der Waals surface area contributed by atoms with Crippen molar-refractivity contribution in [2.24, 2.45) is 0 Å². The van der Waals surface area contributed by atoms with Gasteiger partial charge in [-0.2, -0.15) is 13.2 Å². The number of hydrogen-bond donors (Lipinski definition) is 2. The predicted molar refractivity (Wildman–Crippen MR) is 99.1 cm³/mol. The maximum Gasteiger partial charge on any atom is 0.416 e. The lowest BCUT2D eigenvalue weighted by atomic mass is 10.0. The van der Waals surface area contributed by atoms with Gasteiger partial charge in [0.25, 0.3) is 5.91 Å². The third-order valence-corrected chi connectivity index (χ3v) is 4.88.